The maximum absolute atomic E-state index is 11.7. The maximum Gasteiger partial charge on any atom is 0.407 e. The number of carbonyl (C=O) groups is 2. The first-order valence-electron chi connectivity index (χ1n) is 14.7. The number of aromatic nitrogens is 2. The molecule has 0 saturated heterocycles. The molecule has 0 aliphatic carbocycles. The number of hydrogen-bond acceptors (Lipinski definition) is 12. The highest BCUT2D eigenvalue weighted by Crippen LogP contribution is 2.28. The molecule has 2 aromatic carbocycles. The molecule has 3 aromatic rings. The van der Waals surface area contributed by atoms with E-state index in [1.165, 1.54) is 0 Å². The van der Waals surface area contributed by atoms with Crippen molar-refractivity contribution in [2.24, 2.45) is 0 Å². The van der Waals surface area contributed by atoms with Gasteiger partial charge in [0.15, 0.2) is 0 Å². The lowest BCUT2D eigenvalue weighted by Gasteiger charge is -2.19. The summed E-state index contributed by atoms with van der Waals surface area (Å²) in [6.45, 7) is 8.81. The molecule has 0 unspecified atom stereocenters. The lowest BCUT2D eigenvalue weighted by atomic mass is 10.2. The van der Waals surface area contributed by atoms with Crippen molar-refractivity contribution in [1.82, 2.24) is 15.3 Å². The van der Waals surface area contributed by atoms with Crippen molar-refractivity contribution in [2.75, 3.05) is 37.0 Å². The van der Waals surface area contributed by atoms with E-state index in [9.17, 15) is 19.7 Å². The summed E-state index contributed by atoms with van der Waals surface area (Å²) in [5.74, 6) is 1.22. The molecular weight excluding hydrogens is 584 g/mol. The first-order valence-corrected chi connectivity index (χ1v) is 14.7. The van der Waals surface area contributed by atoms with E-state index in [2.05, 4.69) is 25.9 Å². The van der Waals surface area contributed by atoms with Crippen LogP contribution in [0.2, 0.25) is 0 Å². The number of alkyl carbamates (subject to hydrolysis) is 1. The highest BCUT2D eigenvalue weighted by Gasteiger charge is 2.18. The molecule has 0 radical (unpaired) electrons. The summed E-state index contributed by atoms with van der Waals surface area (Å²) >= 11 is 0. The Balaban J connectivity index is 1.49. The molecule has 3 rings (SSSR count). The fraction of sp³-hybridized carbons (Fsp3) is 0.419. The van der Waals surface area contributed by atoms with Gasteiger partial charge in [-0.25, -0.2) is 9.78 Å². The molecule has 3 N–H and O–H groups in total. The van der Waals surface area contributed by atoms with Crippen molar-refractivity contribution in [1.29, 1.82) is 0 Å². The topological polar surface area (TPSA) is 176 Å². The summed E-state index contributed by atoms with van der Waals surface area (Å²) in [6.07, 6.45) is 2.98. The number of nitrogens with zero attached hydrogens (tertiary/aromatic N) is 3. The number of amides is 1. The van der Waals surface area contributed by atoms with Crippen LogP contribution in [-0.4, -0.2) is 58.9 Å². The van der Waals surface area contributed by atoms with Crippen LogP contribution in [-0.2, 0) is 14.3 Å². The zero-order chi connectivity index (χ0) is 32.7. The van der Waals surface area contributed by atoms with Gasteiger partial charge < -0.3 is 34.9 Å². The number of esters is 1. The molecule has 45 heavy (non-hydrogen) atoms. The van der Waals surface area contributed by atoms with E-state index in [0.29, 0.717) is 74.9 Å². The first kappa shape index (κ1) is 34.4. The van der Waals surface area contributed by atoms with E-state index in [-0.39, 0.29) is 23.4 Å². The predicted molar refractivity (Wildman–Crippen MR) is 168 cm³/mol. The van der Waals surface area contributed by atoms with Gasteiger partial charge in [-0.15, -0.1) is 0 Å². The van der Waals surface area contributed by atoms with Gasteiger partial charge in [-0.3, -0.25) is 14.9 Å². The van der Waals surface area contributed by atoms with Crippen molar-refractivity contribution in [3.63, 3.8) is 0 Å². The Kier molecular flexibility index (Phi) is 13.2. The Bertz CT molecular complexity index is 1390. The Morgan fingerprint density at radius 2 is 1.49 bits per heavy atom. The SMILES string of the molecule is CCOC(=O)CCCCOc1ccc(Nc2nc(Nc3ccc(OCCCNC(=O)OC(C)(C)C)cc3)ncc2[N+](=O)[O-])cc1. The molecule has 0 fully saturated rings. The highest BCUT2D eigenvalue weighted by molar-refractivity contribution is 5.69. The summed E-state index contributed by atoms with van der Waals surface area (Å²) in [6, 6.07) is 14.0. The summed E-state index contributed by atoms with van der Waals surface area (Å²) in [5, 5.41) is 20.3. The van der Waals surface area contributed by atoms with Crippen LogP contribution in [0.25, 0.3) is 0 Å². The van der Waals surface area contributed by atoms with Crippen molar-refractivity contribution in [3.05, 3.63) is 64.8 Å². The fourth-order valence-corrected chi connectivity index (χ4v) is 3.76. The average molecular weight is 625 g/mol. The van der Waals surface area contributed by atoms with Gasteiger partial charge in [0.2, 0.25) is 11.8 Å². The summed E-state index contributed by atoms with van der Waals surface area (Å²) in [4.78, 5) is 42.5. The number of unbranched alkanes of at least 4 members (excludes halogenated alkanes) is 1. The zero-order valence-corrected chi connectivity index (χ0v) is 26.0. The second-order valence-electron chi connectivity index (χ2n) is 10.7. The van der Waals surface area contributed by atoms with Crippen molar-refractivity contribution in [2.45, 2.75) is 59.0 Å². The number of carbonyl (C=O) groups excluding carboxylic acids is 2. The van der Waals surface area contributed by atoms with E-state index >= 15 is 0 Å². The molecule has 14 nitrogen and oxygen atoms in total. The van der Waals surface area contributed by atoms with Crippen LogP contribution < -0.4 is 25.4 Å². The summed E-state index contributed by atoms with van der Waals surface area (Å²) < 4.78 is 21.5. The molecule has 1 amide bonds. The second-order valence-corrected chi connectivity index (χ2v) is 10.7. The minimum Gasteiger partial charge on any atom is -0.494 e. The first-order chi connectivity index (χ1) is 21.5. The smallest absolute Gasteiger partial charge is 0.407 e. The largest absolute Gasteiger partial charge is 0.494 e. The minimum atomic E-state index is -0.560. The van der Waals surface area contributed by atoms with Gasteiger partial charge in [0.05, 0.1) is 24.7 Å². The third-order valence-electron chi connectivity index (χ3n) is 5.80. The van der Waals surface area contributed by atoms with Crippen LogP contribution in [0.15, 0.2) is 54.7 Å². The molecule has 14 heteroatoms. The fourth-order valence-electron chi connectivity index (χ4n) is 3.76. The van der Waals surface area contributed by atoms with Crippen molar-refractivity contribution < 1.29 is 33.5 Å². The Labute approximate surface area is 262 Å². The van der Waals surface area contributed by atoms with Gasteiger partial charge in [-0.2, -0.15) is 4.98 Å². The van der Waals surface area contributed by atoms with E-state index in [0.717, 1.165) is 6.20 Å². The van der Waals surface area contributed by atoms with E-state index in [4.69, 9.17) is 18.9 Å². The third-order valence-corrected chi connectivity index (χ3v) is 5.80. The monoisotopic (exact) mass is 624 g/mol. The normalized spacial score (nSPS) is 10.8. The zero-order valence-electron chi connectivity index (χ0n) is 26.0. The molecule has 0 aliphatic rings. The number of rotatable bonds is 17. The number of benzene rings is 2. The highest BCUT2D eigenvalue weighted by atomic mass is 16.6. The maximum atomic E-state index is 11.7. The van der Waals surface area contributed by atoms with Crippen LogP contribution >= 0.6 is 0 Å². The number of ether oxygens (including phenoxy) is 4. The number of anilines is 4. The van der Waals surface area contributed by atoms with Gasteiger partial charge in [0, 0.05) is 24.3 Å². The lowest BCUT2D eigenvalue weighted by Crippen LogP contribution is -2.33. The van der Waals surface area contributed by atoms with Crippen molar-refractivity contribution >= 4 is 40.9 Å². The van der Waals surface area contributed by atoms with Crippen LogP contribution in [0.4, 0.5) is 33.6 Å². The second kappa shape index (κ2) is 17.2. The van der Waals surface area contributed by atoms with Gasteiger partial charge in [0.1, 0.15) is 23.3 Å². The molecule has 1 aromatic heterocycles. The van der Waals surface area contributed by atoms with Crippen LogP contribution in [0, 0.1) is 10.1 Å². The van der Waals surface area contributed by atoms with Crippen LogP contribution in [0.5, 0.6) is 11.5 Å². The molecule has 0 bridgehead atoms. The number of nitro groups is 1. The van der Waals surface area contributed by atoms with E-state index in [1.807, 2.05) is 0 Å². The Morgan fingerprint density at radius 3 is 2.07 bits per heavy atom. The third kappa shape index (κ3) is 12.9. The van der Waals surface area contributed by atoms with Gasteiger partial charge in [-0.05, 0) is 95.5 Å². The Morgan fingerprint density at radius 1 is 0.889 bits per heavy atom. The molecule has 0 saturated carbocycles. The molecule has 1 heterocycles. The molecule has 0 atom stereocenters. The quantitative estimate of drug-likeness (QED) is 0.0664. The minimum absolute atomic E-state index is 0.0186. The van der Waals surface area contributed by atoms with Crippen LogP contribution in [0.1, 0.15) is 53.4 Å². The summed E-state index contributed by atoms with van der Waals surface area (Å²) in [5.41, 5.74) is 0.386. The Hall–Kier alpha value is -5.14. The predicted octanol–water partition coefficient (Wildman–Crippen LogP) is 6.28. The average Bonchev–Trinajstić information content (AvgIpc) is 2.98. The molecule has 0 aliphatic heterocycles. The summed E-state index contributed by atoms with van der Waals surface area (Å²) in [7, 11) is 0. The van der Waals surface area contributed by atoms with Crippen LogP contribution in [0.3, 0.4) is 0 Å². The lowest BCUT2D eigenvalue weighted by molar-refractivity contribution is -0.384. The molecular formula is C31H40N6O8. The van der Waals surface area contributed by atoms with E-state index < -0.39 is 16.6 Å². The molecule has 242 valence electrons. The van der Waals surface area contributed by atoms with Gasteiger partial charge in [0.25, 0.3) is 0 Å². The molecule has 0 spiro atoms. The number of nitrogens with one attached hydrogen (secondary N) is 3. The van der Waals surface area contributed by atoms with Crippen molar-refractivity contribution in [3.8, 4) is 11.5 Å². The number of hydrogen-bond donors (Lipinski definition) is 3. The van der Waals surface area contributed by atoms with E-state index in [1.54, 1.807) is 76.2 Å². The van der Waals surface area contributed by atoms with Gasteiger partial charge in [-0.1, -0.05) is 0 Å². The van der Waals surface area contributed by atoms with Gasteiger partial charge >= 0.3 is 17.7 Å². The standard InChI is InChI=1S/C31H40N6O8/c1-5-42-27(38)9-6-7-19-43-24-14-10-22(11-15-24)34-28-26(37(40)41)21-33-29(36-28)35-23-12-16-25(17-13-23)44-20-8-18-32-30(39)45-31(2,3)4/h10-17,21H,5-9,18-20H2,1-4H3,(H,32,39)(H2,33,34,35,36).